The minimum Gasteiger partial charge on any atom is -0.436 e. The Hall–Kier alpha value is -3.93. The summed E-state index contributed by atoms with van der Waals surface area (Å²) in [7, 11) is 0. The lowest BCUT2D eigenvalue weighted by Gasteiger charge is -2.09. The van der Waals surface area contributed by atoms with Gasteiger partial charge in [0.1, 0.15) is 5.82 Å². The van der Waals surface area contributed by atoms with Gasteiger partial charge in [0.2, 0.25) is 5.89 Å². The van der Waals surface area contributed by atoms with Crippen molar-refractivity contribution >= 4 is 11.6 Å². The van der Waals surface area contributed by atoms with Crippen LogP contribution in [0.4, 0.5) is 10.1 Å². The third-order valence-electron chi connectivity index (χ3n) is 4.79. The van der Waals surface area contributed by atoms with Gasteiger partial charge < -0.3 is 15.1 Å². The van der Waals surface area contributed by atoms with Crippen LogP contribution in [0.5, 0.6) is 0 Å². The summed E-state index contributed by atoms with van der Waals surface area (Å²) in [5.74, 6) is -0.00802. The van der Waals surface area contributed by atoms with Gasteiger partial charge in [-0.25, -0.2) is 9.37 Å². The average Bonchev–Trinajstić information content (AvgIpc) is 3.29. The van der Waals surface area contributed by atoms with Crippen LogP contribution in [0.1, 0.15) is 16.8 Å². The number of carbonyl (C=O) groups is 1. The fraction of sp³-hybridized carbons (Fsp3) is 0.120. The zero-order valence-electron chi connectivity index (χ0n) is 16.8. The number of rotatable bonds is 8. The van der Waals surface area contributed by atoms with E-state index >= 15 is 0 Å². The zero-order chi connectivity index (χ0) is 21.5. The molecule has 0 aliphatic heterocycles. The van der Waals surface area contributed by atoms with E-state index in [1.807, 2.05) is 36.4 Å². The van der Waals surface area contributed by atoms with Gasteiger partial charge in [0.15, 0.2) is 5.76 Å². The van der Waals surface area contributed by atoms with Crippen molar-refractivity contribution in [1.82, 2.24) is 10.3 Å². The van der Waals surface area contributed by atoms with Crippen molar-refractivity contribution in [2.45, 2.75) is 6.42 Å². The predicted octanol–water partition coefficient (Wildman–Crippen LogP) is 5.38. The SMILES string of the molecule is O=C(NCCCNc1ccccc1)c1ccccc1-c1ncc(-c2ccccc2F)o1. The Morgan fingerprint density at radius 1 is 0.871 bits per heavy atom. The normalized spacial score (nSPS) is 10.6. The van der Waals surface area contributed by atoms with Crippen molar-refractivity contribution in [1.29, 1.82) is 0 Å². The number of amides is 1. The molecule has 0 spiro atoms. The van der Waals surface area contributed by atoms with Crippen molar-refractivity contribution in [3.63, 3.8) is 0 Å². The molecule has 0 saturated carbocycles. The third-order valence-corrected chi connectivity index (χ3v) is 4.79. The quantitative estimate of drug-likeness (QED) is 0.379. The summed E-state index contributed by atoms with van der Waals surface area (Å²) in [6, 6.07) is 23.3. The van der Waals surface area contributed by atoms with E-state index in [1.54, 1.807) is 36.4 Å². The molecule has 0 bridgehead atoms. The molecule has 156 valence electrons. The molecule has 4 rings (SSSR count). The molecular formula is C25H22FN3O2. The maximum absolute atomic E-state index is 14.0. The van der Waals surface area contributed by atoms with E-state index in [0.29, 0.717) is 29.0 Å². The largest absolute Gasteiger partial charge is 0.436 e. The molecule has 0 unspecified atom stereocenters. The number of para-hydroxylation sites is 1. The van der Waals surface area contributed by atoms with Gasteiger partial charge >= 0.3 is 0 Å². The van der Waals surface area contributed by atoms with E-state index in [1.165, 1.54) is 12.3 Å². The van der Waals surface area contributed by atoms with E-state index in [0.717, 1.165) is 18.7 Å². The van der Waals surface area contributed by atoms with E-state index in [2.05, 4.69) is 15.6 Å². The van der Waals surface area contributed by atoms with Crippen molar-refractivity contribution in [2.24, 2.45) is 0 Å². The van der Waals surface area contributed by atoms with E-state index in [9.17, 15) is 9.18 Å². The molecule has 0 radical (unpaired) electrons. The second-order valence-electron chi connectivity index (χ2n) is 6.96. The first-order chi connectivity index (χ1) is 15.2. The molecule has 0 atom stereocenters. The molecule has 0 aliphatic rings. The standard InChI is InChI=1S/C25H22FN3O2/c26-22-14-7-6-13-21(22)23-17-29-25(31-23)20-12-5-4-11-19(20)24(30)28-16-8-15-27-18-9-2-1-3-10-18/h1-7,9-14,17,27H,8,15-16H2,(H,28,30). The van der Waals surface area contributed by atoms with Crippen molar-refractivity contribution < 1.29 is 13.6 Å². The van der Waals surface area contributed by atoms with Gasteiger partial charge in [-0.3, -0.25) is 4.79 Å². The summed E-state index contributed by atoms with van der Waals surface area (Å²) < 4.78 is 19.8. The van der Waals surface area contributed by atoms with Crippen molar-refractivity contribution in [3.8, 4) is 22.8 Å². The maximum Gasteiger partial charge on any atom is 0.252 e. The molecule has 1 heterocycles. The highest BCUT2D eigenvalue weighted by Gasteiger charge is 2.17. The van der Waals surface area contributed by atoms with Gasteiger partial charge in [-0.2, -0.15) is 0 Å². The van der Waals surface area contributed by atoms with Gasteiger partial charge in [0, 0.05) is 24.3 Å². The molecule has 0 saturated heterocycles. The highest BCUT2D eigenvalue weighted by Crippen LogP contribution is 2.29. The van der Waals surface area contributed by atoms with Crippen LogP contribution in [0, 0.1) is 5.82 Å². The minimum absolute atomic E-state index is 0.207. The van der Waals surface area contributed by atoms with Crippen LogP contribution in [0.3, 0.4) is 0 Å². The minimum atomic E-state index is -0.389. The summed E-state index contributed by atoms with van der Waals surface area (Å²) in [6.07, 6.45) is 2.25. The monoisotopic (exact) mass is 415 g/mol. The summed E-state index contributed by atoms with van der Waals surface area (Å²) in [5.41, 5.74) is 2.40. The van der Waals surface area contributed by atoms with Crippen LogP contribution in [0.2, 0.25) is 0 Å². The lowest BCUT2D eigenvalue weighted by molar-refractivity contribution is 0.0954. The lowest BCUT2D eigenvalue weighted by Crippen LogP contribution is -2.26. The third kappa shape index (κ3) is 4.98. The Labute approximate surface area is 180 Å². The molecule has 1 aromatic heterocycles. The number of hydrogen-bond acceptors (Lipinski definition) is 4. The molecule has 6 heteroatoms. The van der Waals surface area contributed by atoms with Gasteiger partial charge in [-0.1, -0.05) is 42.5 Å². The molecule has 31 heavy (non-hydrogen) atoms. The fourth-order valence-corrected chi connectivity index (χ4v) is 3.23. The molecular weight excluding hydrogens is 393 g/mol. The van der Waals surface area contributed by atoms with E-state index in [-0.39, 0.29) is 17.6 Å². The van der Waals surface area contributed by atoms with Crippen LogP contribution in [0.25, 0.3) is 22.8 Å². The number of halogens is 1. The molecule has 3 aromatic carbocycles. The molecule has 2 N–H and O–H groups in total. The first-order valence-corrected chi connectivity index (χ1v) is 10.1. The lowest BCUT2D eigenvalue weighted by atomic mass is 10.1. The Bertz CT molecular complexity index is 1160. The number of aromatic nitrogens is 1. The summed E-state index contributed by atoms with van der Waals surface area (Å²) in [5, 5.41) is 6.25. The second-order valence-corrected chi connectivity index (χ2v) is 6.96. The highest BCUT2D eigenvalue weighted by molar-refractivity contribution is 6.00. The fourth-order valence-electron chi connectivity index (χ4n) is 3.23. The Morgan fingerprint density at radius 3 is 2.39 bits per heavy atom. The Balaban J connectivity index is 1.40. The molecule has 1 amide bonds. The molecule has 0 aliphatic carbocycles. The van der Waals surface area contributed by atoms with Crippen LogP contribution in [0.15, 0.2) is 89.5 Å². The van der Waals surface area contributed by atoms with E-state index in [4.69, 9.17) is 4.42 Å². The maximum atomic E-state index is 14.0. The van der Waals surface area contributed by atoms with E-state index < -0.39 is 0 Å². The number of oxazole rings is 1. The highest BCUT2D eigenvalue weighted by atomic mass is 19.1. The second kappa shape index (κ2) is 9.71. The van der Waals surface area contributed by atoms with Gasteiger partial charge in [0.25, 0.3) is 5.91 Å². The number of nitrogens with one attached hydrogen (secondary N) is 2. The summed E-state index contributed by atoms with van der Waals surface area (Å²) in [4.78, 5) is 17.0. The number of nitrogens with zero attached hydrogens (tertiary/aromatic N) is 1. The Kier molecular flexibility index (Phi) is 6.38. The molecule has 4 aromatic rings. The molecule has 5 nitrogen and oxygen atoms in total. The van der Waals surface area contributed by atoms with Gasteiger partial charge in [-0.15, -0.1) is 0 Å². The summed E-state index contributed by atoms with van der Waals surface area (Å²) >= 11 is 0. The number of anilines is 1. The number of hydrogen-bond donors (Lipinski definition) is 2. The van der Waals surface area contributed by atoms with Crippen LogP contribution in [-0.4, -0.2) is 24.0 Å². The van der Waals surface area contributed by atoms with Crippen molar-refractivity contribution in [2.75, 3.05) is 18.4 Å². The van der Waals surface area contributed by atoms with Crippen LogP contribution >= 0.6 is 0 Å². The number of benzene rings is 3. The zero-order valence-corrected chi connectivity index (χ0v) is 16.8. The van der Waals surface area contributed by atoms with Crippen LogP contribution in [-0.2, 0) is 0 Å². The molecule has 0 fully saturated rings. The van der Waals surface area contributed by atoms with Crippen LogP contribution < -0.4 is 10.6 Å². The Morgan fingerprint density at radius 2 is 1.58 bits per heavy atom. The summed E-state index contributed by atoms with van der Waals surface area (Å²) in [6.45, 7) is 1.27. The first-order valence-electron chi connectivity index (χ1n) is 10.1. The first kappa shape index (κ1) is 20.3. The average molecular weight is 415 g/mol. The number of carbonyl (C=O) groups excluding carboxylic acids is 1. The van der Waals surface area contributed by atoms with Gasteiger partial charge in [0.05, 0.1) is 17.3 Å². The predicted molar refractivity (Wildman–Crippen MR) is 119 cm³/mol. The smallest absolute Gasteiger partial charge is 0.252 e. The van der Waals surface area contributed by atoms with Crippen molar-refractivity contribution in [3.05, 3.63) is 96.4 Å². The van der Waals surface area contributed by atoms with Gasteiger partial charge in [-0.05, 0) is 42.8 Å². The topological polar surface area (TPSA) is 67.2 Å².